The number of hydrogen-bond donors (Lipinski definition) is 1. The summed E-state index contributed by atoms with van der Waals surface area (Å²) in [5.74, 6) is 1.84. The first-order chi connectivity index (χ1) is 9.67. The van der Waals surface area contributed by atoms with Crippen molar-refractivity contribution in [3.05, 3.63) is 11.7 Å². The van der Waals surface area contributed by atoms with Crippen LogP contribution in [-0.2, 0) is 16.0 Å². The Labute approximate surface area is 118 Å². The van der Waals surface area contributed by atoms with E-state index in [2.05, 4.69) is 15.5 Å². The average molecular weight is 279 g/mol. The van der Waals surface area contributed by atoms with E-state index in [0.717, 1.165) is 31.6 Å². The summed E-state index contributed by atoms with van der Waals surface area (Å²) in [6, 6.07) is 0. The number of nitrogens with one attached hydrogen (secondary N) is 1. The molecule has 6 heteroatoms. The van der Waals surface area contributed by atoms with Crippen molar-refractivity contribution < 1.29 is 14.1 Å². The standard InChI is InChI=1S/C14H21N3O3/c1-14(7-3-9-19-14)13(18)15-8-6-11-16-12(20-17-11)10-4-2-5-10/h10H,2-9H2,1H3,(H,15,18)/t14-/m0/s1. The van der Waals surface area contributed by atoms with Crippen LogP contribution in [0.3, 0.4) is 0 Å². The zero-order valence-electron chi connectivity index (χ0n) is 11.9. The fraction of sp³-hybridized carbons (Fsp3) is 0.786. The smallest absolute Gasteiger partial charge is 0.251 e. The van der Waals surface area contributed by atoms with Crippen molar-refractivity contribution in [1.82, 2.24) is 15.5 Å². The van der Waals surface area contributed by atoms with Crippen LogP contribution in [-0.4, -0.2) is 34.8 Å². The molecule has 1 N–H and O–H groups in total. The number of nitrogens with zero attached hydrogens (tertiary/aromatic N) is 2. The first kappa shape index (κ1) is 13.5. The Morgan fingerprint density at radius 1 is 1.45 bits per heavy atom. The van der Waals surface area contributed by atoms with Gasteiger partial charge < -0.3 is 14.6 Å². The molecule has 20 heavy (non-hydrogen) atoms. The molecule has 1 aromatic rings. The molecule has 1 saturated carbocycles. The lowest BCUT2D eigenvalue weighted by Gasteiger charge is -2.21. The van der Waals surface area contributed by atoms with Gasteiger partial charge in [0.25, 0.3) is 5.91 Å². The predicted molar refractivity (Wildman–Crippen MR) is 71.2 cm³/mol. The average Bonchev–Trinajstić information content (AvgIpc) is 2.98. The van der Waals surface area contributed by atoms with E-state index >= 15 is 0 Å². The minimum atomic E-state index is -0.658. The molecule has 1 atom stereocenters. The summed E-state index contributed by atoms with van der Waals surface area (Å²) < 4.78 is 10.7. The van der Waals surface area contributed by atoms with Crippen LogP contribution < -0.4 is 5.32 Å². The summed E-state index contributed by atoms with van der Waals surface area (Å²) in [7, 11) is 0. The predicted octanol–water partition coefficient (Wildman–Crippen LogP) is 1.56. The van der Waals surface area contributed by atoms with Gasteiger partial charge in [0, 0.05) is 25.5 Å². The molecular formula is C14H21N3O3. The maximum atomic E-state index is 12.0. The van der Waals surface area contributed by atoms with Gasteiger partial charge in [0.15, 0.2) is 5.82 Å². The van der Waals surface area contributed by atoms with Gasteiger partial charge >= 0.3 is 0 Å². The SMILES string of the molecule is C[C@@]1(C(=O)NCCc2noc(C3CCC3)n2)CCCO1. The molecule has 0 radical (unpaired) electrons. The monoisotopic (exact) mass is 279 g/mol. The Morgan fingerprint density at radius 2 is 2.30 bits per heavy atom. The molecule has 1 aliphatic carbocycles. The molecule has 3 rings (SSSR count). The lowest BCUT2D eigenvalue weighted by molar-refractivity contribution is -0.139. The molecule has 0 unspecified atom stereocenters. The molecule has 2 aliphatic rings. The third-order valence-electron chi connectivity index (χ3n) is 4.27. The van der Waals surface area contributed by atoms with E-state index in [-0.39, 0.29) is 5.91 Å². The lowest BCUT2D eigenvalue weighted by atomic mass is 9.85. The van der Waals surface area contributed by atoms with Gasteiger partial charge in [-0.05, 0) is 32.6 Å². The highest BCUT2D eigenvalue weighted by atomic mass is 16.5. The molecule has 1 amide bonds. The topological polar surface area (TPSA) is 77.3 Å². The van der Waals surface area contributed by atoms with Gasteiger partial charge in [-0.25, -0.2) is 0 Å². The van der Waals surface area contributed by atoms with Crippen molar-refractivity contribution in [2.45, 2.75) is 57.0 Å². The van der Waals surface area contributed by atoms with E-state index in [4.69, 9.17) is 9.26 Å². The molecule has 2 heterocycles. The van der Waals surface area contributed by atoms with Crippen LogP contribution in [0.5, 0.6) is 0 Å². The second-order valence-electron chi connectivity index (χ2n) is 5.87. The zero-order valence-corrected chi connectivity index (χ0v) is 11.9. The first-order valence-corrected chi connectivity index (χ1v) is 7.42. The van der Waals surface area contributed by atoms with Gasteiger partial charge in [0.2, 0.25) is 5.89 Å². The van der Waals surface area contributed by atoms with Crippen LogP contribution in [0.1, 0.15) is 56.7 Å². The maximum absolute atomic E-state index is 12.0. The van der Waals surface area contributed by atoms with Crippen molar-refractivity contribution in [2.24, 2.45) is 0 Å². The third-order valence-corrected chi connectivity index (χ3v) is 4.27. The first-order valence-electron chi connectivity index (χ1n) is 7.42. The highest BCUT2D eigenvalue weighted by Crippen LogP contribution is 2.35. The summed E-state index contributed by atoms with van der Waals surface area (Å²) in [4.78, 5) is 16.4. The lowest BCUT2D eigenvalue weighted by Crippen LogP contribution is -2.44. The van der Waals surface area contributed by atoms with E-state index < -0.39 is 5.60 Å². The second kappa shape index (κ2) is 5.52. The summed E-state index contributed by atoms with van der Waals surface area (Å²) >= 11 is 0. The quantitative estimate of drug-likeness (QED) is 0.885. The Bertz CT molecular complexity index is 476. The van der Waals surface area contributed by atoms with Crippen molar-refractivity contribution >= 4 is 5.91 Å². The summed E-state index contributed by atoms with van der Waals surface area (Å²) in [6.45, 7) is 3.03. The molecule has 0 aromatic carbocycles. The Kier molecular flexibility index (Phi) is 3.74. The van der Waals surface area contributed by atoms with E-state index in [1.807, 2.05) is 6.92 Å². The number of aromatic nitrogens is 2. The number of carbonyl (C=O) groups excluding carboxylic acids is 1. The van der Waals surface area contributed by atoms with Crippen LogP contribution in [0.2, 0.25) is 0 Å². The molecular weight excluding hydrogens is 258 g/mol. The molecule has 0 bridgehead atoms. The van der Waals surface area contributed by atoms with Crippen molar-refractivity contribution in [1.29, 1.82) is 0 Å². The van der Waals surface area contributed by atoms with Gasteiger partial charge in [-0.1, -0.05) is 11.6 Å². The van der Waals surface area contributed by atoms with Crippen LogP contribution in [0.25, 0.3) is 0 Å². The van der Waals surface area contributed by atoms with E-state index in [0.29, 0.717) is 31.3 Å². The molecule has 110 valence electrons. The van der Waals surface area contributed by atoms with Crippen LogP contribution >= 0.6 is 0 Å². The van der Waals surface area contributed by atoms with E-state index in [1.165, 1.54) is 6.42 Å². The van der Waals surface area contributed by atoms with Crippen LogP contribution in [0.4, 0.5) is 0 Å². The molecule has 1 aromatic heterocycles. The highest BCUT2D eigenvalue weighted by molar-refractivity contribution is 5.84. The third kappa shape index (κ3) is 2.70. The highest BCUT2D eigenvalue weighted by Gasteiger charge is 2.37. The fourth-order valence-corrected chi connectivity index (χ4v) is 2.62. The molecule has 2 fully saturated rings. The molecule has 6 nitrogen and oxygen atoms in total. The summed E-state index contributed by atoms with van der Waals surface area (Å²) in [5, 5.41) is 6.86. The van der Waals surface area contributed by atoms with Gasteiger partial charge in [-0.15, -0.1) is 0 Å². The van der Waals surface area contributed by atoms with Crippen molar-refractivity contribution in [3.63, 3.8) is 0 Å². The fourth-order valence-electron chi connectivity index (χ4n) is 2.62. The Morgan fingerprint density at radius 3 is 2.95 bits per heavy atom. The summed E-state index contributed by atoms with van der Waals surface area (Å²) in [6.07, 6.45) is 5.86. The van der Waals surface area contributed by atoms with Gasteiger partial charge in [0.1, 0.15) is 5.60 Å². The Hall–Kier alpha value is -1.43. The van der Waals surface area contributed by atoms with E-state index in [1.54, 1.807) is 0 Å². The summed E-state index contributed by atoms with van der Waals surface area (Å²) in [5.41, 5.74) is -0.658. The maximum Gasteiger partial charge on any atom is 0.251 e. The largest absolute Gasteiger partial charge is 0.365 e. The molecule has 1 aliphatic heterocycles. The number of carbonyl (C=O) groups is 1. The van der Waals surface area contributed by atoms with Crippen LogP contribution in [0.15, 0.2) is 4.52 Å². The van der Waals surface area contributed by atoms with Crippen molar-refractivity contribution in [3.8, 4) is 0 Å². The number of amides is 1. The zero-order chi connectivity index (χ0) is 14.0. The van der Waals surface area contributed by atoms with Gasteiger partial charge in [-0.3, -0.25) is 4.79 Å². The second-order valence-corrected chi connectivity index (χ2v) is 5.87. The van der Waals surface area contributed by atoms with Crippen molar-refractivity contribution in [2.75, 3.05) is 13.2 Å². The Balaban J connectivity index is 1.45. The molecule has 1 saturated heterocycles. The van der Waals surface area contributed by atoms with Crippen LogP contribution in [0, 0.1) is 0 Å². The normalized spacial score (nSPS) is 26.4. The van der Waals surface area contributed by atoms with E-state index in [9.17, 15) is 4.79 Å². The van der Waals surface area contributed by atoms with Gasteiger partial charge in [-0.2, -0.15) is 4.98 Å². The number of hydrogen-bond acceptors (Lipinski definition) is 5. The minimum Gasteiger partial charge on any atom is -0.365 e. The number of rotatable bonds is 5. The molecule has 0 spiro atoms. The minimum absolute atomic E-state index is 0.0438. The van der Waals surface area contributed by atoms with Gasteiger partial charge in [0.05, 0.1) is 0 Å². The number of ether oxygens (including phenoxy) is 1.